The van der Waals surface area contributed by atoms with Crippen molar-refractivity contribution in [2.75, 3.05) is 19.5 Å². The first kappa shape index (κ1) is 20.9. The predicted octanol–water partition coefficient (Wildman–Crippen LogP) is 4.35. The second kappa shape index (κ2) is 8.69. The van der Waals surface area contributed by atoms with E-state index in [9.17, 15) is 9.18 Å². The summed E-state index contributed by atoms with van der Waals surface area (Å²) in [5.41, 5.74) is 1.98. The number of nitrogens with zero attached hydrogens (tertiary/aromatic N) is 2. The van der Waals surface area contributed by atoms with Crippen LogP contribution >= 0.6 is 11.6 Å². The van der Waals surface area contributed by atoms with E-state index in [0.29, 0.717) is 16.5 Å². The lowest BCUT2D eigenvalue weighted by atomic mass is 9.94. The van der Waals surface area contributed by atoms with Crippen LogP contribution < -0.4 is 15.6 Å². The molecule has 1 aromatic heterocycles. The molecule has 1 aromatic carbocycles. The number of benzene rings is 1. The average molecular weight is 420 g/mol. The molecule has 0 fully saturated rings. The lowest BCUT2D eigenvalue weighted by Crippen LogP contribution is -2.22. The number of nitrogens with one attached hydrogen (secondary N) is 1. The smallest absolute Gasteiger partial charge is 0.316 e. The second-order valence-corrected chi connectivity index (χ2v) is 7.43. The third kappa shape index (κ3) is 4.79. The number of halogens is 2. The van der Waals surface area contributed by atoms with Crippen molar-refractivity contribution in [3.05, 3.63) is 74.3 Å². The average Bonchev–Trinajstić information content (AvgIpc) is 2.65. The van der Waals surface area contributed by atoms with Crippen LogP contribution in [0.5, 0.6) is 5.75 Å². The predicted molar refractivity (Wildman–Crippen MR) is 111 cm³/mol. The monoisotopic (exact) mass is 419 g/mol. The van der Waals surface area contributed by atoms with Crippen LogP contribution in [0.25, 0.3) is 0 Å². The van der Waals surface area contributed by atoms with E-state index < -0.39 is 11.4 Å². The van der Waals surface area contributed by atoms with Gasteiger partial charge < -0.3 is 19.4 Å². The molecule has 1 unspecified atom stereocenters. The van der Waals surface area contributed by atoms with E-state index in [1.165, 1.54) is 19.2 Å². The molecular formula is C21H23ClFN3O3. The molecule has 0 amide bonds. The van der Waals surface area contributed by atoms with Crippen LogP contribution in [0.15, 0.2) is 52.3 Å². The van der Waals surface area contributed by atoms with Crippen LogP contribution in [0, 0.1) is 11.7 Å². The Hall–Kier alpha value is -2.80. The fourth-order valence-electron chi connectivity index (χ4n) is 3.30. The van der Waals surface area contributed by atoms with Crippen LogP contribution in [-0.2, 0) is 11.3 Å². The third-order valence-electron chi connectivity index (χ3n) is 4.73. The number of hydrogen-bond donors (Lipinski definition) is 1. The highest BCUT2D eigenvalue weighted by atomic mass is 35.5. The largest absolute Gasteiger partial charge is 0.497 e. The SMILES string of the molecule is COC1=CC(C)CC(Nc2nc(=O)c(OC)cn2Cc2cc(F)cc(Cl)c2)=C1C. The molecule has 1 aliphatic carbocycles. The molecule has 1 atom stereocenters. The van der Waals surface area contributed by atoms with E-state index in [1.807, 2.05) is 6.92 Å². The van der Waals surface area contributed by atoms with Crippen molar-refractivity contribution < 1.29 is 13.9 Å². The molecule has 2 aromatic rings. The van der Waals surface area contributed by atoms with E-state index in [4.69, 9.17) is 21.1 Å². The third-order valence-corrected chi connectivity index (χ3v) is 4.94. The molecular weight excluding hydrogens is 397 g/mol. The van der Waals surface area contributed by atoms with Gasteiger partial charge in [0.15, 0.2) is 0 Å². The van der Waals surface area contributed by atoms with Gasteiger partial charge in [0, 0.05) is 16.3 Å². The maximum absolute atomic E-state index is 13.8. The summed E-state index contributed by atoms with van der Waals surface area (Å²) < 4.78 is 26.0. The van der Waals surface area contributed by atoms with Crippen molar-refractivity contribution in [3.63, 3.8) is 0 Å². The second-order valence-electron chi connectivity index (χ2n) is 6.99. The van der Waals surface area contributed by atoms with Crippen molar-refractivity contribution in [3.8, 4) is 5.75 Å². The minimum absolute atomic E-state index is 0.0956. The van der Waals surface area contributed by atoms with Crippen molar-refractivity contribution in [1.82, 2.24) is 9.55 Å². The molecule has 0 bridgehead atoms. The molecule has 6 nitrogen and oxygen atoms in total. The summed E-state index contributed by atoms with van der Waals surface area (Å²) in [5.74, 6) is 1.04. The van der Waals surface area contributed by atoms with E-state index >= 15 is 0 Å². The van der Waals surface area contributed by atoms with Gasteiger partial charge in [-0.05, 0) is 49.1 Å². The fraction of sp³-hybridized carbons (Fsp3) is 0.333. The quantitative estimate of drug-likeness (QED) is 0.754. The molecule has 1 heterocycles. The van der Waals surface area contributed by atoms with Crippen LogP contribution in [0.1, 0.15) is 25.8 Å². The molecule has 0 saturated carbocycles. The number of anilines is 1. The molecule has 0 spiro atoms. The Labute approximate surface area is 173 Å². The van der Waals surface area contributed by atoms with Gasteiger partial charge in [-0.15, -0.1) is 0 Å². The maximum atomic E-state index is 13.8. The Morgan fingerprint density at radius 2 is 2.07 bits per heavy atom. The zero-order chi connectivity index (χ0) is 21.1. The normalized spacial score (nSPS) is 16.5. The van der Waals surface area contributed by atoms with E-state index in [2.05, 4.69) is 23.3 Å². The molecule has 0 radical (unpaired) electrons. The molecule has 3 rings (SSSR count). The van der Waals surface area contributed by atoms with Crippen molar-refractivity contribution in [2.24, 2.45) is 5.92 Å². The molecule has 1 aliphatic rings. The molecule has 154 valence electrons. The van der Waals surface area contributed by atoms with Crippen LogP contribution in [0.4, 0.5) is 10.3 Å². The van der Waals surface area contributed by atoms with Crippen LogP contribution in [0.2, 0.25) is 5.02 Å². The molecule has 8 heteroatoms. The first-order chi connectivity index (χ1) is 13.8. The van der Waals surface area contributed by atoms with Crippen LogP contribution in [-0.4, -0.2) is 23.8 Å². The van der Waals surface area contributed by atoms with Crippen molar-refractivity contribution in [1.29, 1.82) is 0 Å². The Bertz CT molecular complexity index is 1030. The Balaban J connectivity index is 2.03. The molecule has 0 aliphatic heterocycles. The fourth-order valence-corrected chi connectivity index (χ4v) is 3.54. The highest BCUT2D eigenvalue weighted by molar-refractivity contribution is 6.30. The molecule has 0 saturated heterocycles. The Kier molecular flexibility index (Phi) is 6.27. The zero-order valence-corrected chi connectivity index (χ0v) is 17.5. The minimum atomic E-state index is -0.492. The summed E-state index contributed by atoms with van der Waals surface area (Å²) in [5, 5.41) is 3.56. The minimum Gasteiger partial charge on any atom is -0.497 e. The molecule has 29 heavy (non-hydrogen) atoms. The number of ether oxygens (including phenoxy) is 2. The number of rotatable bonds is 6. The topological polar surface area (TPSA) is 65.4 Å². The number of hydrogen-bond acceptors (Lipinski definition) is 5. The van der Waals surface area contributed by atoms with Gasteiger partial charge in [0.1, 0.15) is 11.6 Å². The Morgan fingerprint density at radius 3 is 2.72 bits per heavy atom. The summed E-state index contributed by atoms with van der Waals surface area (Å²) in [4.78, 5) is 16.4. The van der Waals surface area contributed by atoms with E-state index in [1.54, 1.807) is 23.9 Å². The first-order valence-electron chi connectivity index (χ1n) is 9.14. The lowest BCUT2D eigenvalue weighted by Gasteiger charge is -2.24. The maximum Gasteiger partial charge on any atom is 0.316 e. The molecule has 1 N–H and O–H groups in total. The summed E-state index contributed by atoms with van der Waals surface area (Å²) in [7, 11) is 3.03. The number of aromatic nitrogens is 2. The summed E-state index contributed by atoms with van der Waals surface area (Å²) >= 11 is 5.98. The summed E-state index contributed by atoms with van der Waals surface area (Å²) in [6.07, 6.45) is 4.35. The van der Waals surface area contributed by atoms with E-state index in [-0.39, 0.29) is 18.2 Å². The number of allylic oxidation sites excluding steroid dienone is 3. The first-order valence-corrected chi connectivity index (χ1v) is 9.52. The summed E-state index contributed by atoms with van der Waals surface area (Å²) in [6.45, 7) is 4.27. The van der Waals surface area contributed by atoms with Gasteiger partial charge in [-0.2, -0.15) is 4.98 Å². The highest BCUT2D eigenvalue weighted by Gasteiger charge is 2.20. The van der Waals surface area contributed by atoms with Crippen molar-refractivity contribution in [2.45, 2.75) is 26.8 Å². The van der Waals surface area contributed by atoms with Crippen LogP contribution in [0.3, 0.4) is 0 Å². The number of methoxy groups -OCH3 is 2. The van der Waals surface area contributed by atoms with Gasteiger partial charge >= 0.3 is 5.56 Å². The Morgan fingerprint density at radius 1 is 1.31 bits per heavy atom. The summed E-state index contributed by atoms with van der Waals surface area (Å²) in [6, 6.07) is 4.29. The van der Waals surface area contributed by atoms with Gasteiger partial charge in [0.2, 0.25) is 11.7 Å². The standard InChI is InChI=1S/C21H23ClFN3O3/c1-12-5-17(13(2)18(6-12)28-3)24-21-25-20(27)19(29-4)11-26(21)10-14-7-15(22)9-16(23)8-14/h6-9,11-12H,5,10H2,1-4H3,(H,24,25,27). The van der Waals surface area contributed by atoms with E-state index in [0.717, 1.165) is 23.5 Å². The van der Waals surface area contributed by atoms with Gasteiger partial charge in [0.05, 0.1) is 27.0 Å². The van der Waals surface area contributed by atoms with Crippen molar-refractivity contribution >= 4 is 17.5 Å². The lowest BCUT2D eigenvalue weighted by molar-refractivity contribution is 0.292. The van der Waals surface area contributed by atoms with Gasteiger partial charge in [-0.1, -0.05) is 18.5 Å². The van der Waals surface area contributed by atoms with Gasteiger partial charge in [0.25, 0.3) is 0 Å². The van der Waals surface area contributed by atoms with Gasteiger partial charge in [-0.3, -0.25) is 4.79 Å². The highest BCUT2D eigenvalue weighted by Crippen LogP contribution is 2.29. The van der Waals surface area contributed by atoms with Gasteiger partial charge in [-0.25, -0.2) is 4.39 Å². The zero-order valence-electron chi connectivity index (χ0n) is 16.8.